The minimum absolute atomic E-state index is 0.115. The molecule has 3 N–H and O–H groups in total. The van der Waals surface area contributed by atoms with Crippen molar-refractivity contribution < 1.29 is 14.7 Å². The van der Waals surface area contributed by atoms with Crippen LogP contribution in [0.25, 0.3) is 0 Å². The number of halogens is 1. The Kier molecular flexibility index (Phi) is 5.15. The average Bonchev–Trinajstić information content (AvgIpc) is 2.61. The zero-order valence-electron chi connectivity index (χ0n) is 10.2. The Morgan fingerprint density at radius 3 is 2.67 bits per heavy atom. The lowest BCUT2D eigenvalue weighted by Crippen LogP contribution is -2.37. The maximum Gasteiger partial charge on any atom is 0.305 e. The molecule has 18 heavy (non-hydrogen) atoms. The molecular formula is C11H16ClN3O3. The third-order valence-electron chi connectivity index (χ3n) is 2.33. The normalized spacial score (nSPS) is 12.4. The third kappa shape index (κ3) is 4.37. The molecule has 1 heterocycles. The van der Waals surface area contributed by atoms with Gasteiger partial charge in [-0.3, -0.25) is 14.7 Å². The number of carboxylic acid groups (broad SMARTS) is 1. The number of carbonyl (C=O) groups excluding carboxylic acids is 1. The average molecular weight is 274 g/mol. The molecule has 0 saturated carbocycles. The maximum absolute atomic E-state index is 11.8. The Hall–Kier alpha value is -1.56. The molecule has 1 amide bonds. The zero-order valence-corrected chi connectivity index (χ0v) is 11.0. The molecule has 0 aromatic carbocycles. The molecule has 1 atom stereocenters. The molecule has 0 bridgehead atoms. The summed E-state index contributed by atoms with van der Waals surface area (Å²) < 4.78 is 0. The van der Waals surface area contributed by atoms with Gasteiger partial charge in [0.05, 0.1) is 17.6 Å². The van der Waals surface area contributed by atoms with Crippen LogP contribution in [0.3, 0.4) is 0 Å². The summed E-state index contributed by atoms with van der Waals surface area (Å²) in [5, 5.41) is 17.8. The summed E-state index contributed by atoms with van der Waals surface area (Å²) >= 11 is 5.76. The number of aromatic amines is 1. The van der Waals surface area contributed by atoms with Gasteiger partial charge in [-0.25, -0.2) is 0 Å². The second-order valence-corrected chi connectivity index (χ2v) is 4.90. The third-order valence-corrected chi connectivity index (χ3v) is 2.62. The fourth-order valence-corrected chi connectivity index (χ4v) is 1.84. The van der Waals surface area contributed by atoms with E-state index in [-0.39, 0.29) is 23.1 Å². The molecule has 0 fully saturated rings. The number of H-pyrrole nitrogens is 1. The molecule has 7 heteroatoms. The highest BCUT2D eigenvalue weighted by Crippen LogP contribution is 2.13. The van der Waals surface area contributed by atoms with Crippen LogP contribution in [-0.2, 0) is 4.79 Å². The quantitative estimate of drug-likeness (QED) is 0.735. The lowest BCUT2D eigenvalue weighted by Gasteiger charge is -2.18. The number of nitrogens with zero attached hydrogens (tertiary/aromatic N) is 1. The van der Waals surface area contributed by atoms with Crippen LogP contribution in [-0.4, -0.2) is 33.2 Å². The van der Waals surface area contributed by atoms with E-state index < -0.39 is 17.9 Å². The summed E-state index contributed by atoms with van der Waals surface area (Å²) in [6, 6.07) is -0.422. The van der Waals surface area contributed by atoms with Crippen molar-refractivity contribution in [3.63, 3.8) is 0 Å². The standard InChI is InChI=1S/C11H16ClN3O3/c1-6(2)3-7(4-9(16)17)14-11(18)10-8(12)5-13-15-10/h5-7H,3-4H2,1-2H3,(H,13,15)(H,14,18)(H,16,17)/t7-/m1/s1. The molecule has 0 saturated heterocycles. The van der Waals surface area contributed by atoms with Gasteiger partial charge in [-0.05, 0) is 12.3 Å². The van der Waals surface area contributed by atoms with Gasteiger partial charge in [-0.2, -0.15) is 5.10 Å². The Labute approximate surface area is 110 Å². The van der Waals surface area contributed by atoms with Crippen molar-refractivity contribution in [2.75, 3.05) is 0 Å². The van der Waals surface area contributed by atoms with E-state index in [0.717, 1.165) is 0 Å². The largest absolute Gasteiger partial charge is 0.481 e. The van der Waals surface area contributed by atoms with E-state index in [1.54, 1.807) is 0 Å². The highest BCUT2D eigenvalue weighted by atomic mass is 35.5. The van der Waals surface area contributed by atoms with Gasteiger partial charge in [0.15, 0.2) is 0 Å². The molecule has 1 rings (SSSR count). The van der Waals surface area contributed by atoms with Gasteiger partial charge in [-0.15, -0.1) is 0 Å². The highest BCUT2D eigenvalue weighted by molar-refractivity contribution is 6.33. The van der Waals surface area contributed by atoms with Crippen LogP contribution in [0.5, 0.6) is 0 Å². The predicted molar refractivity (Wildman–Crippen MR) is 66.6 cm³/mol. The van der Waals surface area contributed by atoms with Crippen LogP contribution in [0.2, 0.25) is 5.02 Å². The maximum atomic E-state index is 11.8. The highest BCUT2D eigenvalue weighted by Gasteiger charge is 2.20. The van der Waals surface area contributed by atoms with Crippen molar-refractivity contribution in [2.45, 2.75) is 32.7 Å². The Morgan fingerprint density at radius 2 is 2.22 bits per heavy atom. The van der Waals surface area contributed by atoms with E-state index in [1.807, 2.05) is 13.8 Å². The number of hydrogen-bond donors (Lipinski definition) is 3. The first kappa shape index (κ1) is 14.5. The van der Waals surface area contributed by atoms with E-state index in [2.05, 4.69) is 15.5 Å². The van der Waals surface area contributed by atoms with E-state index in [9.17, 15) is 9.59 Å². The molecular weight excluding hydrogens is 258 g/mol. The minimum atomic E-state index is -0.948. The number of amides is 1. The SMILES string of the molecule is CC(C)C[C@H](CC(=O)O)NC(=O)c1[nH]ncc1Cl. The lowest BCUT2D eigenvalue weighted by atomic mass is 10.0. The van der Waals surface area contributed by atoms with Crippen molar-refractivity contribution in [2.24, 2.45) is 5.92 Å². The van der Waals surface area contributed by atoms with Gasteiger partial charge in [-0.1, -0.05) is 25.4 Å². The fraction of sp³-hybridized carbons (Fsp3) is 0.545. The minimum Gasteiger partial charge on any atom is -0.481 e. The predicted octanol–water partition coefficient (Wildman–Crippen LogP) is 1.68. The van der Waals surface area contributed by atoms with Gasteiger partial charge < -0.3 is 10.4 Å². The number of carboxylic acids is 1. The molecule has 1 aromatic rings. The second-order valence-electron chi connectivity index (χ2n) is 4.49. The number of aromatic nitrogens is 2. The molecule has 0 unspecified atom stereocenters. The van der Waals surface area contributed by atoms with Crippen molar-refractivity contribution in [3.8, 4) is 0 Å². The molecule has 0 aliphatic heterocycles. The Morgan fingerprint density at radius 1 is 1.56 bits per heavy atom. The second kappa shape index (κ2) is 6.39. The summed E-state index contributed by atoms with van der Waals surface area (Å²) in [6.07, 6.45) is 1.80. The van der Waals surface area contributed by atoms with Crippen LogP contribution in [0.1, 0.15) is 37.2 Å². The van der Waals surface area contributed by atoms with E-state index in [1.165, 1.54) is 6.20 Å². The summed E-state index contributed by atoms with van der Waals surface area (Å²) in [6.45, 7) is 3.92. The summed E-state index contributed by atoms with van der Waals surface area (Å²) in [7, 11) is 0. The number of carbonyl (C=O) groups is 2. The van der Waals surface area contributed by atoms with Crippen LogP contribution >= 0.6 is 11.6 Å². The number of rotatable bonds is 6. The summed E-state index contributed by atoms with van der Waals surface area (Å²) in [4.78, 5) is 22.6. The first-order valence-electron chi connectivity index (χ1n) is 5.61. The number of aliphatic carboxylic acids is 1. The van der Waals surface area contributed by atoms with Gasteiger partial charge >= 0.3 is 5.97 Å². The number of hydrogen-bond acceptors (Lipinski definition) is 3. The number of nitrogens with one attached hydrogen (secondary N) is 2. The van der Waals surface area contributed by atoms with Crippen LogP contribution in [0.15, 0.2) is 6.20 Å². The summed E-state index contributed by atoms with van der Waals surface area (Å²) in [5.74, 6) is -1.10. The molecule has 100 valence electrons. The molecule has 0 aliphatic carbocycles. The van der Waals surface area contributed by atoms with Gasteiger partial charge in [0, 0.05) is 6.04 Å². The van der Waals surface area contributed by atoms with Crippen molar-refractivity contribution in [1.29, 1.82) is 0 Å². The topological polar surface area (TPSA) is 95.1 Å². The van der Waals surface area contributed by atoms with Crippen LogP contribution in [0, 0.1) is 5.92 Å². The fourth-order valence-electron chi connectivity index (χ4n) is 1.66. The lowest BCUT2D eigenvalue weighted by molar-refractivity contribution is -0.137. The van der Waals surface area contributed by atoms with Gasteiger partial charge in [0.2, 0.25) is 0 Å². The molecule has 0 aliphatic rings. The van der Waals surface area contributed by atoms with E-state index in [0.29, 0.717) is 6.42 Å². The van der Waals surface area contributed by atoms with Crippen LogP contribution in [0.4, 0.5) is 0 Å². The van der Waals surface area contributed by atoms with Gasteiger partial charge in [0.25, 0.3) is 5.91 Å². The van der Waals surface area contributed by atoms with E-state index >= 15 is 0 Å². The van der Waals surface area contributed by atoms with Crippen molar-refractivity contribution >= 4 is 23.5 Å². The van der Waals surface area contributed by atoms with Crippen molar-refractivity contribution in [3.05, 3.63) is 16.9 Å². The first-order chi connectivity index (χ1) is 8.40. The van der Waals surface area contributed by atoms with Gasteiger partial charge in [0.1, 0.15) is 5.69 Å². The molecule has 0 radical (unpaired) electrons. The monoisotopic (exact) mass is 273 g/mol. The van der Waals surface area contributed by atoms with Crippen molar-refractivity contribution in [1.82, 2.24) is 15.5 Å². The Bertz CT molecular complexity index is 431. The molecule has 0 spiro atoms. The van der Waals surface area contributed by atoms with Crippen LogP contribution < -0.4 is 5.32 Å². The first-order valence-corrected chi connectivity index (χ1v) is 5.99. The Balaban J connectivity index is 2.68. The zero-order chi connectivity index (χ0) is 13.7. The summed E-state index contributed by atoms with van der Waals surface area (Å²) in [5.41, 5.74) is 0.149. The molecule has 6 nitrogen and oxygen atoms in total. The smallest absolute Gasteiger partial charge is 0.305 e. The van der Waals surface area contributed by atoms with E-state index in [4.69, 9.17) is 16.7 Å². The molecule has 1 aromatic heterocycles.